The summed E-state index contributed by atoms with van der Waals surface area (Å²) in [5, 5.41) is 3.59. The van der Waals surface area contributed by atoms with E-state index in [1.165, 1.54) is 0 Å². The van der Waals surface area contributed by atoms with Crippen molar-refractivity contribution in [3.05, 3.63) is 0 Å². The maximum Gasteiger partial charge on any atom is 0.152 e. The maximum absolute atomic E-state index is 11.5. The molecule has 2 rings (SSSR count). The molecule has 0 bridgehead atoms. The zero-order chi connectivity index (χ0) is 12.5. The van der Waals surface area contributed by atoms with Crippen LogP contribution in [0.3, 0.4) is 0 Å². The molecule has 0 radical (unpaired) electrons. The third-order valence-corrected chi connectivity index (χ3v) is 5.99. The molecular weight excluding hydrogens is 236 g/mol. The predicted octanol–water partition coefficient (Wildman–Crippen LogP) is 0.638. The van der Waals surface area contributed by atoms with E-state index in [0.29, 0.717) is 17.5 Å². The lowest BCUT2D eigenvalue weighted by atomic mass is 9.96. The SMILES string of the molecule is CCN1CCC(NC2(C)CCS(=O)(=O)C2)CC1. The molecule has 2 aliphatic heterocycles. The van der Waals surface area contributed by atoms with Crippen molar-refractivity contribution >= 4 is 9.84 Å². The lowest BCUT2D eigenvalue weighted by molar-refractivity contribution is 0.185. The number of likely N-dealkylation sites (tertiary alicyclic amines) is 1. The molecule has 4 nitrogen and oxygen atoms in total. The van der Waals surface area contributed by atoms with Crippen LogP contribution in [0.5, 0.6) is 0 Å². The minimum Gasteiger partial charge on any atom is -0.308 e. The van der Waals surface area contributed by atoms with Crippen LogP contribution in [0.4, 0.5) is 0 Å². The summed E-state index contributed by atoms with van der Waals surface area (Å²) in [6, 6.07) is 0.496. The van der Waals surface area contributed by atoms with Gasteiger partial charge >= 0.3 is 0 Å². The van der Waals surface area contributed by atoms with E-state index >= 15 is 0 Å². The zero-order valence-corrected chi connectivity index (χ0v) is 11.7. The van der Waals surface area contributed by atoms with Gasteiger partial charge in [-0.05, 0) is 45.8 Å². The fraction of sp³-hybridized carbons (Fsp3) is 1.00. The molecule has 1 atom stereocenters. The molecule has 0 aliphatic carbocycles. The summed E-state index contributed by atoms with van der Waals surface area (Å²) in [5.74, 6) is 0.665. The van der Waals surface area contributed by atoms with Crippen molar-refractivity contribution in [2.45, 2.75) is 44.7 Å². The monoisotopic (exact) mass is 260 g/mol. The summed E-state index contributed by atoms with van der Waals surface area (Å²) in [4.78, 5) is 2.45. The van der Waals surface area contributed by atoms with Crippen molar-refractivity contribution in [3.8, 4) is 0 Å². The topological polar surface area (TPSA) is 49.4 Å². The number of rotatable bonds is 3. The van der Waals surface area contributed by atoms with Gasteiger partial charge in [-0.1, -0.05) is 6.92 Å². The summed E-state index contributed by atoms with van der Waals surface area (Å²) in [5.41, 5.74) is -0.183. The Kier molecular flexibility index (Phi) is 3.80. The predicted molar refractivity (Wildman–Crippen MR) is 69.9 cm³/mol. The van der Waals surface area contributed by atoms with Gasteiger partial charge in [0.2, 0.25) is 0 Å². The van der Waals surface area contributed by atoms with Gasteiger partial charge in [-0.3, -0.25) is 0 Å². The third-order valence-electron chi connectivity index (χ3n) is 4.09. The molecular formula is C12H24N2O2S. The smallest absolute Gasteiger partial charge is 0.152 e. The van der Waals surface area contributed by atoms with Gasteiger partial charge in [-0.15, -0.1) is 0 Å². The average Bonchev–Trinajstić information content (AvgIpc) is 2.54. The number of nitrogens with zero attached hydrogens (tertiary/aromatic N) is 1. The van der Waals surface area contributed by atoms with Gasteiger partial charge in [0, 0.05) is 11.6 Å². The van der Waals surface area contributed by atoms with E-state index in [1.807, 2.05) is 0 Å². The Hall–Kier alpha value is -0.130. The fourth-order valence-electron chi connectivity index (χ4n) is 3.01. The van der Waals surface area contributed by atoms with Crippen molar-refractivity contribution in [1.82, 2.24) is 10.2 Å². The Morgan fingerprint density at radius 3 is 2.47 bits per heavy atom. The van der Waals surface area contributed by atoms with E-state index in [2.05, 4.69) is 24.1 Å². The molecule has 0 amide bonds. The minimum absolute atomic E-state index is 0.183. The number of hydrogen-bond donors (Lipinski definition) is 1. The lowest BCUT2D eigenvalue weighted by Gasteiger charge is -2.36. The summed E-state index contributed by atoms with van der Waals surface area (Å²) >= 11 is 0. The molecule has 2 heterocycles. The van der Waals surface area contributed by atoms with Gasteiger partial charge in [0.1, 0.15) is 0 Å². The van der Waals surface area contributed by atoms with Gasteiger partial charge in [0.25, 0.3) is 0 Å². The Morgan fingerprint density at radius 1 is 1.35 bits per heavy atom. The summed E-state index contributed by atoms with van der Waals surface area (Å²) in [6.45, 7) is 7.65. The molecule has 0 aromatic rings. The van der Waals surface area contributed by atoms with E-state index in [1.54, 1.807) is 0 Å². The van der Waals surface area contributed by atoms with Crippen LogP contribution in [0.25, 0.3) is 0 Å². The van der Waals surface area contributed by atoms with Crippen LogP contribution in [0.15, 0.2) is 0 Å². The molecule has 0 aromatic carbocycles. The Labute approximate surface area is 105 Å². The first-order valence-corrected chi connectivity index (χ1v) is 8.45. The van der Waals surface area contributed by atoms with Crippen LogP contribution < -0.4 is 5.32 Å². The van der Waals surface area contributed by atoms with E-state index in [4.69, 9.17) is 0 Å². The highest BCUT2D eigenvalue weighted by molar-refractivity contribution is 7.91. The third kappa shape index (κ3) is 3.42. The number of hydrogen-bond acceptors (Lipinski definition) is 4. The van der Waals surface area contributed by atoms with Crippen LogP contribution in [0.1, 0.15) is 33.1 Å². The molecule has 0 aromatic heterocycles. The standard InChI is InChI=1S/C12H24N2O2S/c1-3-14-7-4-11(5-8-14)13-12(2)6-9-17(15,16)10-12/h11,13H,3-10H2,1-2H3. The van der Waals surface area contributed by atoms with E-state index in [9.17, 15) is 8.42 Å². The quantitative estimate of drug-likeness (QED) is 0.809. The molecule has 1 N–H and O–H groups in total. The van der Waals surface area contributed by atoms with Gasteiger partial charge in [-0.25, -0.2) is 8.42 Å². The Balaban J connectivity index is 1.86. The second-order valence-corrected chi connectivity index (χ2v) is 7.94. The van der Waals surface area contributed by atoms with Crippen molar-refractivity contribution in [2.24, 2.45) is 0 Å². The van der Waals surface area contributed by atoms with Crippen LogP contribution in [0.2, 0.25) is 0 Å². The number of nitrogens with one attached hydrogen (secondary N) is 1. The maximum atomic E-state index is 11.5. The van der Waals surface area contributed by atoms with Crippen molar-refractivity contribution in [1.29, 1.82) is 0 Å². The lowest BCUT2D eigenvalue weighted by Crippen LogP contribution is -2.52. The molecule has 0 spiro atoms. The fourth-order valence-corrected chi connectivity index (χ4v) is 5.11. The average molecular weight is 260 g/mol. The molecule has 2 saturated heterocycles. The molecule has 0 saturated carbocycles. The minimum atomic E-state index is -2.79. The first-order chi connectivity index (χ1) is 7.92. The second kappa shape index (κ2) is 4.86. The Bertz CT molecular complexity index is 361. The van der Waals surface area contributed by atoms with Crippen molar-refractivity contribution < 1.29 is 8.42 Å². The van der Waals surface area contributed by atoms with Gasteiger partial charge in [0.15, 0.2) is 9.84 Å². The van der Waals surface area contributed by atoms with Crippen LogP contribution in [-0.4, -0.2) is 56.0 Å². The van der Waals surface area contributed by atoms with Crippen molar-refractivity contribution in [3.63, 3.8) is 0 Å². The molecule has 2 aliphatic rings. The highest BCUT2D eigenvalue weighted by Gasteiger charge is 2.39. The van der Waals surface area contributed by atoms with Crippen LogP contribution >= 0.6 is 0 Å². The molecule has 17 heavy (non-hydrogen) atoms. The van der Waals surface area contributed by atoms with E-state index in [-0.39, 0.29) is 5.54 Å². The van der Waals surface area contributed by atoms with E-state index in [0.717, 1.165) is 38.9 Å². The number of sulfone groups is 1. The summed E-state index contributed by atoms with van der Waals surface area (Å²) in [7, 11) is -2.79. The molecule has 5 heteroatoms. The first-order valence-electron chi connectivity index (χ1n) is 6.63. The van der Waals surface area contributed by atoms with E-state index < -0.39 is 9.84 Å². The van der Waals surface area contributed by atoms with Gasteiger partial charge < -0.3 is 10.2 Å². The Morgan fingerprint density at radius 2 is 2.00 bits per heavy atom. The highest BCUT2D eigenvalue weighted by atomic mass is 32.2. The molecule has 100 valence electrons. The highest BCUT2D eigenvalue weighted by Crippen LogP contribution is 2.25. The first kappa shape index (κ1) is 13.3. The summed E-state index contributed by atoms with van der Waals surface area (Å²) < 4.78 is 23.1. The molecule has 1 unspecified atom stereocenters. The summed E-state index contributed by atoms with van der Waals surface area (Å²) in [6.07, 6.45) is 3.05. The molecule has 2 fully saturated rings. The number of piperidine rings is 1. The van der Waals surface area contributed by atoms with Crippen LogP contribution in [-0.2, 0) is 9.84 Å². The van der Waals surface area contributed by atoms with Crippen LogP contribution in [0, 0.1) is 0 Å². The zero-order valence-electron chi connectivity index (χ0n) is 10.9. The second-order valence-electron chi connectivity index (χ2n) is 5.76. The van der Waals surface area contributed by atoms with Gasteiger partial charge in [0.05, 0.1) is 11.5 Å². The van der Waals surface area contributed by atoms with Gasteiger partial charge in [-0.2, -0.15) is 0 Å². The normalized spacial score (nSPS) is 35.2. The van der Waals surface area contributed by atoms with Crippen molar-refractivity contribution in [2.75, 3.05) is 31.1 Å². The largest absolute Gasteiger partial charge is 0.308 e.